The predicted octanol–water partition coefficient (Wildman–Crippen LogP) is 8.34. The zero-order valence-electron chi connectivity index (χ0n) is 19.4. The molecule has 0 saturated carbocycles. The molecule has 0 amide bonds. The molecule has 0 aliphatic carbocycles. The van der Waals surface area contributed by atoms with Gasteiger partial charge in [0, 0.05) is 0 Å². The third-order valence-corrected chi connectivity index (χ3v) is 6.60. The maximum atomic E-state index is 6.07. The highest BCUT2D eigenvalue weighted by atomic mass is 16.7. The van der Waals surface area contributed by atoms with Gasteiger partial charge in [-0.25, -0.2) is 0 Å². The van der Waals surface area contributed by atoms with Crippen molar-refractivity contribution in [3.05, 3.63) is 0 Å². The van der Waals surface area contributed by atoms with E-state index in [0.717, 1.165) is 6.32 Å². The van der Waals surface area contributed by atoms with Crippen molar-refractivity contribution in [1.29, 1.82) is 0 Å². The van der Waals surface area contributed by atoms with Gasteiger partial charge >= 0.3 is 7.12 Å². The second kappa shape index (κ2) is 14.0. The number of hydrogen-bond acceptors (Lipinski definition) is 2. The van der Waals surface area contributed by atoms with Crippen LogP contribution in [0, 0.1) is 0 Å². The second-order valence-corrected chi connectivity index (χ2v) is 9.78. The molecule has 0 N–H and O–H groups in total. The number of unbranched alkanes of at least 4 members (excludes halogenated alkanes) is 15. The van der Waals surface area contributed by atoms with Crippen molar-refractivity contribution in [2.75, 3.05) is 0 Å². The van der Waals surface area contributed by atoms with Crippen LogP contribution in [0.4, 0.5) is 0 Å². The van der Waals surface area contributed by atoms with Gasteiger partial charge in [0.15, 0.2) is 0 Å². The standard InChI is InChI=1S/C24H49BO2/c1-6-7-8-9-10-11-12-13-14-15-16-17-18-19-20-21-22-25-26-23(2,3)24(4,5)27-25/h6-22H2,1-5H3. The van der Waals surface area contributed by atoms with E-state index >= 15 is 0 Å². The van der Waals surface area contributed by atoms with E-state index in [1.54, 1.807) is 0 Å². The number of rotatable bonds is 17. The minimum atomic E-state index is -0.174. The summed E-state index contributed by atoms with van der Waals surface area (Å²) in [5, 5.41) is 0. The maximum absolute atomic E-state index is 6.07. The summed E-state index contributed by atoms with van der Waals surface area (Å²) < 4.78 is 12.1. The highest BCUT2D eigenvalue weighted by molar-refractivity contribution is 6.45. The molecule has 0 radical (unpaired) electrons. The first-order valence-corrected chi connectivity index (χ1v) is 12.2. The summed E-state index contributed by atoms with van der Waals surface area (Å²) in [7, 11) is 0.00152. The van der Waals surface area contributed by atoms with Gasteiger partial charge in [0.1, 0.15) is 0 Å². The van der Waals surface area contributed by atoms with Gasteiger partial charge in [0.05, 0.1) is 11.2 Å². The van der Waals surface area contributed by atoms with E-state index in [-0.39, 0.29) is 18.3 Å². The van der Waals surface area contributed by atoms with Crippen LogP contribution in [0.25, 0.3) is 0 Å². The molecule has 0 aromatic rings. The normalized spacial score (nSPS) is 18.3. The fraction of sp³-hybridized carbons (Fsp3) is 1.00. The Labute approximate surface area is 171 Å². The van der Waals surface area contributed by atoms with Crippen molar-refractivity contribution in [1.82, 2.24) is 0 Å². The highest BCUT2D eigenvalue weighted by Gasteiger charge is 2.50. The molecule has 0 unspecified atom stereocenters. The van der Waals surface area contributed by atoms with E-state index in [4.69, 9.17) is 9.31 Å². The summed E-state index contributed by atoms with van der Waals surface area (Å²) in [5.74, 6) is 0. The Balaban J connectivity index is 1.79. The molecule has 1 rings (SSSR count). The van der Waals surface area contributed by atoms with E-state index in [0.29, 0.717) is 0 Å². The van der Waals surface area contributed by atoms with Gasteiger partial charge in [0.25, 0.3) is 0 Å². The Morgan fingerprint density at radius 2 is 0.778 bits per heavy atom. The first kappa shape index (κ1) is 25.0. The van der Waals surface area contributed by atoms with Gasteiger partial charge < -0.3 is 9.31 Å². The molecule has 1 fully saturated rings. The van der Waals surface area contributed by atoms with Gasteiger partial charge in [-0.2, -0.15) is 0 Å². The Morgan fingerprint density at radius 1 is 0.481 bits per heavy atom. The SMILES string of the molecule is CCCCCCCCCCCCCCCCCCB1OC(C)(C)C(C)(C)O1. The molecule has 0 aromatic carbocycles. The molecule has 1 aliphatic rings. The fourth-order valence-electron chi connectivity index (χ4n) is 3.94. The third-order valence-electron chi connectivity index (χ3n) is 6.60. The Kier molecular flexibility index (Phi) is 13.0. The maximum Gasteiger partial charge on any atom is 0.457 e. The van der Waals surface area contributed by atoms with E-state index < -0.39 is 0 Å². The van der Waals surface area contributed by atoms with Gasteiger partial charge in [-0.15, -0.1) is 0 Å². The van der Waals surface area contributed by atoms with Crippen molar-refractivity contribution in [2.24, 2.45) is 0 Å². The van der Waals surface area contributed by atoms with E-state index in [9.17, 15) is 0 Å². The topological polar surface area (TPSA) is 18.5 Å². The zero-order chi connectivity index (χ0) is 20.0. The largest absolute Gasteiger partial charge is 0.457 e. The zero-order valence-corrected chi connectivity index (χ0v) is 19.4. The lowest BCUT2D eigenvalue weighted by Gasteiger charge is -2.32. The molecule has 1 aliphatic heterocycles. The van der Waals surface area contributed by atoms with Crippen molar-refractivity contribution in [3.8, 4) is 0 Å². The van der Waals surface area contributed by atoms with Crippen LogP contribution < -0.4 is 0 Å². The Bertz CT molecular complexity index is 338. The smallest absolute Gasteiger partial charge is 0.403 e. The Morgan fingerprint density at radius 3 is 1.11 bits per heavy atom. The summed E-state index contributed by atoms with van der Waals surface area (Å²) in [6, 6.07) is 0. The van der Waals surface area contributed by atoms with Gasteiger partial charge in [-0.3, -0.25) is 0 Å². The average Bonchev–Trinajstić information content (AvgIpc) is 2.81. The molecule has 27 heavy (non-hydrogen) atoms. The first-order chi connectivity index (χ1) is 12.9. The average molecular weight is 380 g/mol. The molecule has 1 heterocycles. The molecule has 0 atom stereocenters. The second-order valence-electron chi connectivity index (χ2n) is 9.78. The number of hydrogen-bond donors (Lipinski definition) is 0. The van der Waals surface area contributed by atoms with Crippen molar-refractivity contribution >= 4 is 7.12 Å². The summed E-state index contributed by atoms with van der Waals surface area (Å²) in [6.07, 6.45) is 23.7. The van der Waals surface area contributed by atoms with Crippen molar-refractivity contribution < 1.29 is 9.31 Å². The Hall–Kier alpha value is -0.0151. The first-order valence-electron chi connectivity index (χ1n) is 12.2. The summed E-state index contributed by atoms with van der Waals surface area (Å²) in [4.78, 5) is 0. The molecule has 1 saturated heterocycles. The van der Waals surface area contributed by atoms with Gasteiger partial charge in [-0.05, 0) is 34.0 Å². The molecule has 0 aromatic heterocycles. The quantitative estimate of drug-likeness (QED) is 0.186. The molecule has 0 bridgehead atoms. The molecular weight excluding hydrogens is 331 g/mol. The van der Waals surface area contributed by atoms with Crippen LogP contribution in [0.3, 0.4) is 0 Å². The van der Waals surface area contributed by atoms with Crippen LogP contribution in [0.15, 0.2) is 0 Å². The molecule has 3 heteroatoms. The van der Waals surface area contributed by atoms with E-state index in [1.165, 1.54) is 103 Å². The van der Waals surface area contributed by atoms with Gasteiger partial charge in [0.2, 0.25) is 0 Å². The van der Waals surface area contributed by atoms with Crippen LogP contribution in [0.5, 0.6) is 0 Å². The monoisotopic (exact) mass is 380 g/mol. The molecule has 0 spiro atoms. The minimum Gasteiger partial charge on any atom is -0.403 e. The fourth-order valence-corrected chi connectivity index (χ4v) is 3.94. The highest BCUT2D eigenvalue weighted by Crippen LogP contribution is 2.38. The summed E-state index contributed by atoms with van der Waals surface area (Å²) in [6.45, 7) is 10.9. The van der Waals surface area contributed by atoms with Crippen LogP contribution >= 0.6 is 0 Å². The summed E-state index contributed by atoms with van der Waals surface area (Å²) >= 11 is 0. The van der Waals surface area contributed by atoms with Crippen LogP contribution in [-0.2, 0) is 9.31 Å². The lowest BCUT2D eigenvalue weighted by molar-refractivity contribution is 0.00578. The lowest BCUT2D eigenvalue weighted by Crippen LogP contribution is -2.41. The van der Waals surface area contributed by atoms with Crippen LogP contribution in [0.1, 0.15) is 137 Å². The predicted molar refractivity (Wildman–Crippen MR) is 120 cm³/mol. The third kappa shape index (κ3) is 10.9. The van der Waals surface area contributed by atoms with Crippen molar-refractivity contribution in [2.45, 2.75) is 155 Å². The van der Waals surface area contributed by atoms with Gasteiger partial charge in [-0.1, -0.05) is 110 Å². The van der Waals surface area contributed by atoms with E-state index in [1.807, 2.05) is 0 Å². The molecular formula is C24H49BO2. The minimum absolute atomic E-state index is 0.00152. The van der Waals surface area contributed by atoms with E-state index in [2.05, 4.69) is 34.6 Å². The van der Waals surface area contributed by atoms with Crippen LogP contribution in [0.2, 0.25) is 6.32 Å². The summed E-state index contributed by atoms with van der Waals surface area (Å²) in [5.41, 5.74) is -0.348. The van der Waals surface area contributed by atoms with Crippen LogP contribution in [-0.4, -0.2) is 18.3 Å². The van der Waals surface area contributed by atoms with Crippen molar-refractivity contribution in [3.63, 3.8) is 0 Å². The lowest BCUT2D eigenvalue weighted by atomic mass is 9.82. The molecule has 2 nitrogen and oxygen atoms in total. The molecule has 160 valence electrons.